The quantitative estimate of drug-likeness (QED) is 0.844. The normalized spacial score (nSPS) is 28.6. The molecule has 3 N–H and O–H groups in total. The van der Waals surface area contributed by atoms with Gasteiger partial charge in [0.15, 0.2) is 0 Å². The fraction of sp³-hybridized carbons (Fsp3) is 0.571. The van der Waals surface area contributed by atoms with Gasteiger partial charge >= 0.3 is 0 Å². The van der Waals surface area contributed by atoms with Gasteiger partial charge in [-0.05, 0) is 50.8 Å². The Balaban J connectivity index is 2.12. The zero-order valence-corrected chi connectivity index (χ0v) is 10.5. The second kappa shape index (κ2) is 4.67. The van der Waals surface area contributed by atoms with Crippen molar-refractivity contribution in [1.82, 2.24) is 0 Å². The number of aliphatic hydroxyl groups is 1. The van der Waals surface area contributed by atoms with Crippen molar-refractivity contribution >= 4 is 0 Å². The minimum Gasteiger partial charge on any atom is -0.491 e. The van der Waals surface area contributed by atoms with Crippen LogP contribution in [0.1, 0.15) is 38.7 Å². The van der Waals surface area contributed by atoms with E-state index in [1.165, 1.54) is 0 Å². The smallest absolute Gasteiger partial charge is 0.119 e. The summed E-state index contributed by atoms with van der Waals surface area (Å²) in [7, 11) is 0. The van der Waals surface area contributed by atoms with Crippen LogP contribution in [0.25, 0.3) is 0 Å². The Morgan fingerprint density at radius 3 is 2.47 bits per heavy atom. The molecule has 1 aliphatic carbocycles. The van der Waals surface area contributed by atoms with E-state index in [2.05, 4.69) is 0 Å². The van der Waals surface area contributed by atoms with Crippen LogP contribution >= 0.6 is 0 Å². The average Bonchev–Trinajstić information content (AvgIpc) is 2.60. The van der Waals surface area contributed by atoms with Gasteiger partial charge in [-0.3, -0.25) is 0 Å². The van der Waals surface area contributed by atoms with E-state index in [-0.39, 0.29) is 12.1 Å². The van der Waals surface area contributed by atoms with Gasteiger partial charge in [0.25, 0.3) is 0 Å². The van der Waals surface area contributed by atoms with Crippen molar-refractivity contribution in [2.45, 2.75) is 50.9 Å². The number of nitrogens with two attached hydrogens (primary N) is 1. The van der Waals surface area contributed by atoms with E-state index in [1.54, 1.807) is 0 Å². The van der Waals surface area contributed by atoms with Gasteiger partial charge in [-0.25, -0.2) is 0 Å². The van der Waals surface area contributed by atoms with Gasteiger partial charge < -0.3 is 15.6 Å². The van der Waals surface area contributed by atoms with Gasteiger partial charge in [0.2, 0.25) is 0 Å². The van der Waals surface area contributed by atoms with E-state index >= 15 is 0 Å². The molecule has 2 unspecified atom stereocenters. The number of ether oxygens (including phenoxy) is 1. The van der Waals surface area contributed by atoms with Crippen molar-refractivity contribution in [1.29, 1.82) is 0 Å². The maximum Gasteiger partial charge on any atom is 0.119 e. The lowest BCUT2D eigenvalue weighted by Crippen LogP contribution is -2.25. The molecule has 0 aromatic heterocycles. The van der Waals surface area contributed by atoms with Gasteiger partial charge in [0, 0.05) is 6.04 Å². The average molecular weight is 235 g/mol. The van der Waals surface area contributed by atoms with E-state index in [9.17, 15) is 5.11 Å². The summed E-state index contributed by atoms with van der Waals surface area (Å²) in [4.78, 5) is 0. The Bertz CT molecular complexity index is 374. The van der Waals surface area contributed by atoms with E-state index < -0.39 is 5.60 Å². The Morgan fingerprint density at radius 1 is 1.35 bits per heavy atom. The molecule has 1 aromatic carbocycles. The van der Waals surface area contributed by atoms with Crippen molar-refractivity contribution in [2.24, 2.45) is 5.73 Å². The highest BCUT2D eigenvalue weighted by Gasteiger charge is 2.37. The molecule has 0 aliphatic heterocycles. The number of benzene rings is 1. The fourth-order valence-corrected chi connectivity index (χ4v) is 2.44. The summed E-state index contributed by atoms with van der Waals surface area (Å²) in [6.07, 6.45) is 2.46. The third-order valence-electron chi connectivity index (χ3n) is 3.29. The molecule has 0 saturated heterocycles. The van der Waals surface area contributed by atoms with Crippen molar-refractivity contribution in [3.63, 3.8) is 0 Å². The molecule has 0 heterocycles. The summed E-state index contributed by atoms with van der Waals surface area (Å²) >= 11 is 0. The minimum atomic E-state index is -0.740. The first kappa shape index (κ1) is 12.4. The van der Waals surface area contributed by atoms with Crippen LogP contribution in [0.15, 0.2) is 24.3 Å². The van der Waals surface area contributed by atoms with Crippen molar-refractivity contribution in [2.75, 3.05) is 0 Å². The number of rotatable bonds is 3. The van der Waals surface area contributed by atoms with Crippen LogP contribution in [0.2, 0.25) is 0 Å². The molecule has 0 radical (unpaired) electrons. The molecule has 2 rings (SSSR count). The number of hydrogen-bond acceptors (Lipinski definition) is 3. The molecule has 2 atom stereocenters. The first-order valence-corrected chi connectivity index (χ1v) is 6.25. The molecule has 1 saturated carbocycles. The predicted octanol–water partition coefficient (Wildman–Crippen LogP) is 2.17. The second-order valence-corrected chi connectivity index (χ2v) is 5.23. The van der Waals surface area contributed by atoms with Gasteiger partial charge in [0.05, 0.1) is 11.7 Å². The highest BCUT2D eigenvalue weighted by atomic mass is 16.5. The molecule has 1 aromatic rings. The van der Waals surface area contributed by atoms with Crippen molar-refractivity contribution in [3.8, 4) is 5.75 Å². The molecular formula is C14H21NO2. The van der Waals surface area contributed by atoms with Crippen LogP contribution < -0.4 is 10.5 Å². The SMILES string of the molecule is CC(C)Oc1ccc(C2(O)CCC(N)C2)cc1. The monoisotopic (exact) mass is 235 g/mol. The highest BCUT2D eigenvalue weighted by molar-refractivity contribution is 5.31. The van der Waals surface area contributed by atoms with Crippen LogP contribution in [0.5, 0.6) is 5.75 Å². The topological polar surface area (TPSA) is 55.5 Å². The summed E-state index contributed by atoms with van der Waals surface area (Å²) in [5.74, 6) is 0.842. The molecule has 3 heteroatoms. The molecule has 94 valence electrons. The summed E-state index contributed by atoms with van der Waals surface area (Å²) in [5, 5.41) is 10.5. The molecule has 1 aliphatic rings. The third kappa shape index (κ3) is 2.79. The lowest BCUT2D eigenvalue weighted by atomic mass is 9.92. The molecular weight excluding hydrogens is 214 g/mol. The Kier molecular flexibility index (Phi) is 3.40. The molecule has 0 bridgehead atoms. The first-order chi connectivity index (χ1) is 7.99. The van der Waals surface area contributed by atoms with Gasteiger partial charge in [0.1, 0.15) is 5.75 Å². The van der Waals surface area contributed by atoms with Crippen LogP contribution in [0, 0.1) is 0 Å². The minimum absolute atomic E-state index is 0.117. The Morgan fingerprint density at radius 2 is 2.00 bits per heavy atom. The summed E-state index contributed by atoms with van der Waals surface area (Å²) < 4.78 is 5.58. The molecule has 1 fully saturated rings. The van der Waals surface area contributed by atoms with Gasteiger partial charge in [-0.15, -0.1) is 0 Å². The summed E-state index contributed by atoms with van der Waals surface area (Å²) in [6, 6.07) is 7.83. The van der Waals surface area contributed by atoms with E-state index in [1.807, 2.05) is 38.1 Å². The number of hydrogen-bond donors (Lipinski definition) is 2. The lowest BCUT2D eigenvalue weighted by Gasteiger charge is -2.23. The van der Waals surface area contributed by atoms with E-state index in [0.29, 0.717) is 6.42 Å². The van der Waals surface area contributed by atoms with E-state index in [4.69, 9.17) is 10.5 Å². The molecule has 0 spiro atoms. The molecule has 0 amide bonds. The van der Waals surface area contributed by atoms with Crippen LogP contribution in [-0.4, -0.2) is 17.3 Å². The van der Waals surface area contributed by atoms with Crippen LogP contribution in [0.3, 0.4) is 0 Å². The van der Waals surface area contributed by atoms with Crippen LogP contribution in [-0.2, 0) is 5.60 Å². The maximum atomic E-state index is 10.5. The molecule has 3 nitrogen and oxygen atoms in total. The Labute approximate surface area is 103 Å². The third-order valence-corrected chi connectivity index (χ3v) is 3.29. The second-order valence-electron chi connectivity index (χ2n) is 5.23. The van der Waals surface area contributed by atoms with Crippen molar-refractivity contribution < 1.29 is 9.84 Å². The Hall–Kier alpha value is -1.06. The summed E-state index contributed by atoms with van der Waals surface area (Å²) in [5.41, 5.74) is 6.06. The van der Waals surface area contributed by atoms with Gasteiger partial charge in [-0.1, -0.05) is 12.1 Å². The molecule has 17 heavy (non-hydrogen) atoms. The standard InChI is InChI=1S/C14H21NO2/c1-10(2)17-13-5-3-11(4-6-13)14(16)8-7-12(15)9-14/h3-6,10,12,16H,7-9,15H2,1-2H3. The fourth-order valence-electron chi connectivity index (χ4n) is 2.44. The van der Waals surface area contributed by atoms with Gasteiger partial charge in [-0.2, -0.15) is 0 Å². The first-order valence-electron chi connectivity index (χ1n) is 6.25. The van der Waals surface area contributed by atoms with Crippen molar-refractivity contribution in [3.05, 3.63) is 29.8 Å². The largest absolute Gasteiger partial charge is 0.491 e. The van der Waals surface area contributed by atoms with E-state index in [0.717, 1.165) is 24.2 Å². The highest BCUT2D eigenvalue weighted by Crippen LogP contribution is 2.38. The maximum absolute atomic E-state index is 10.5. The predicted molar refractivity (Wildman–Crippen MR) is 67.9 cm³/mol. The zero-order valence-electron chi connectivity index (χ0n) is 10.5. The lowest BCUT2D eigenvalue weighted by molar-refractivity contribution is 0.0430. The van der Waals surface area contributed by atoms with Crippen LogP contribution in [0.4, 0.5) is 0 Å². The zero-order chi connectivity index (χ0) is 12.5. The summed E-state index contributed by atoms with van der Waals surface area (Å²) in [6.45, 7) is 3.99.